The summed E-state index contributed by atoms with van der Waals surface area (Å²) in [5.41, 5.74) is 0. The average molecular weight is 283 g/mol. The van der Waals surface area contributed by atoms with Crippen LogP contribution in [0.1, 0.15) is 20.3 Å². The van der Waals surface area contributed by atoms with Gasteiger partial charge in [-0.15, -0.1) is 0 Å². The fraction of sp³-hybridized carbons (Fsp3) is 0.500. The van der Waals surface area contributed by atoms with Crippen LogP contribution in [0.5, 0.6) is 0 Å². The molecule has 19 heavy (non-hydrogen) atoms. The minimum absolute atomic E-state index is 0.312. The van der Waals surface area contributed by atoms with Crippen LogP contribution >= 0.6 is 7.29 Å². The molecule has 1 aromatic carbocycles. The Balaban J connectivity index is 2.89. The van der Waals surface area contributed by atoms with Gasteiger partial charge < -0.3 is 9.30 Å². The van der Waals surface area contributed by atoms with E-state index in [1.807, 2.05) is 32.0 Å². The zero-order chi connectivity index (χ0) is 14.5. The standard InChI is InChI=1S/C14H22NO3P/c1-11(2)10-13(14(16)18-3)15-19(4,17)12-8-6-5-7-9-12/h5-9,11,13H,10H2,1-4H3,(H,15,17)/t13-,19-/m1/s1. The van der Waals surface area contributed by atoms with Gasteiger partial charge in [0.1, 0.15) is 6.04 Å². The number of nitrogens with one attached hydrogen (secondary N) is 1. The number of rotatable bonds is 6. The minimum Gasteiger partial charge on any atom is -0.468 e. The Bertz CT molecular complexity index is 459. The summed E-state index contributed by atoms with van der Waals surface area (Å²) >= 11 is 0. The summed E-state index contributed by atoms with van der Waals surface area (Å²) in [6.07, 6.45) is 0.595. The van der Waals surface area contributed by atoms with Crippen LogP contribution in [0.15, 0.2) is 30.3 Å². The quantitative estimate of drug-likeness (QED) is 0.643. The van der Waals surface area contributed by atoms with Crippen molar-refractivity contribution in [2.24, 2.45) is 5.92 Å². The minimum atomic E-state index is -2.78. The van der Waals surface area contributed by atoms with Crippen molar-refractivity contribution in [1.29, 1.82) is 0 Å². The molecule has 0 aliphatic heterocycles. The molecule has 5 heteroatoms. The van der Waals surface area contributed by atoms with E-state index >= 15 is 0 Å². The molecule has 0 amide bonds. The first-order chi connectivity index (χ1) is 8.86. The smallest absolute Gasteiger partial charge is 0.323 e. The third kappa shape index (κ3) is 4.81. The summed E-state index contributed by atoms with van der Waals surface area (Å²) in [5.74, 6) is -0.0564. The topological polar surface area (TPSA) is 55.4 Å². The molecule has 0 saturated heterocycles. The van der Waals surface area contributed by atoms with Crippen LogP contribution in [0, 0.1) is 5.92 Å². The number of hydrogen-bond donors (Lipinski definition) is 1. The van der Waals surface area contributed by atoms with E-state index in [0.29, 0.717) is 17.6 Å². The van der Waals surface area contributed by atoms with E-state index in [1.165, 1.54) is 7.11 Å². The largest absolute Gasteiger partial charge is 0.468 e. The summed E-state index contributed by atoms with van der Waals surface area (Å²) in [4.78, 5) is 11.8. The van der Waals surface area contributed by atoms with Gasteiger partial charge in [0.15, 0.2) is 7.29 Å². The maximum absolute atomic E-state index is 12.7. The normalized spacial score (nSPS) is 15.8. The number of ether oxygens (including phenoxy) is 1. The van der Waals surface area contributed by atoms with E-state index in [0.717, 1.165) is 0 Å². The Morgan fingerprint density at radius 1 is 1.32 bits per heavy atom. The van der Waals surface area contributed by atoms with Crippen LogP contribution in [0.4, 0.5) is 0 Å². The Labute approximate surface area is 115 Å². The molecule has 0 unspecified atom stereocenters. The Kier molecular flexibility index (Phi) is 5.77. The fourth-order valence-corrected chi connectivity index (χ4v) is 3.60. The van der Waals surface area contributed by atoms with Crippen LogP contribution in [0.25, 0.3) is 0 Å². The highest BCUT2D eigenvalue weighted by atomic mass is 31.2. The summed E-state index contributed by atoms with van der Waals surface area (Å²) in [5, 5.41) is 3.69. The van der Waals surface area contributed by atoms with Crippen molar-refractivity contribution in [2.45, 2.75) is 26.3 Å². The van der Waals surface area contributed by atoms with Crippen molar-refractivity contribution in [3.8, 4) is 0 Å². The third-order valence-corrected chi connectivity index (χ3v) is 4.93. The second-order valence-corrected chi connectivity index (χ2v) is 7.72. The summed E-state index contributed by atoms with van der Waals surface area (Å²) < 4.78 is 17.5. The van der Waals surface area contributed by atoms with E-state index in [-0.39, 0.29) is 5.97 Å². The van der Waals surface area contributed by atoms with Gasteiger partial charge >= 0.3 is 5.97 Å². The molecular formula is C14H22NO3P. The highest BCUT2D eigenvalue weighted by molar-refractivity contribution is 7.69. The molecule has 0 radical (unpaired) electrons. The van der Waals surface area contributed by atoms with E-state index in [4.69, 9.17) is 4.74 Å². The predicted octanol–water partition coefficient (Wildman–Crippen LogP) is 2.40. The molecule has 0 spiro atoms. The molecular weight excluding hydrogens is 261 g/mol. The van der Waals surface area contributed by atoms with Crippen LogP contribution in [-0.4, -0.2) is 25.8 Å². The Hall–Kier alpha value is -1.12. The van der Waals surface area contributed by atoms with Gasteiger partial charge in [-0.25, -0.2) is 5.09 Å². The second kappa shape index (κ2) is 6.88. The van der Waals surface area contributed by atoms with Gasteiger partial charge in [0.05, 0.1) is 7.11 Å². The van der Waals surface area contributed by atoms with Gasteiger partial charge in [-0.3, -0.25) is 4.79 Å². The molecule has 1 rings (SSSR count). The lowest BCUT2D eigenvalue weighted by Crippen LogP contribution is -2.38. The number of carbonyl (C=O) groups is 1. The first-order valence-corrected chi connectivity index (χ1v) is 8.51. The van der Waals surface area contributed by atoms with E-state index in [9.17, 15) is 9.36 Å². The summed E-state index contributed by atoms with van der Waals surface area (Å²) in [6, 6.07) is 8.61. The highest BCUT2D eigenvalue weighted by Gasteiger charge is 2.28. The number of carbonyl (C=O) groups excluding carboxylic acids is 1. The summed E-state index contributed by atoms with van der Waals surface area (Å²) in [7, 11) is -1.43. The lowest BCUT2D eigenvalue weighted by Gasteiger charge is -2.23. The highest BCUT2D eigenvalue weighted by Crippen LogP contribution is 2.36. The zero-order valence-electron chi connectivity index (χ0n) is 11.9. The fourth-order valence-electron chi connectivity index (χ4n) is 1.90. The molecule has 0 aliphatic rings. The number of benzene rings is 1. The van der Waals surface area contributed by atoms with E-state index in [1.54, 1.807) is 18.8 Å². The van der Waals surface area contributed by atoms with Crippen LogP contribution in [0.2, 0.25) is 0 Å². The van der Waals surface area contributed by atoms with Gasteiger partial charge in [0.2, 0.25) is 0 Å². The molecule has 1 aromatic rings. The Morgan fingerprint density at radius 3 is 2.37 bits per heavy atom. The molecule has 2 atom stereocenters. The molecule has 0 saturated carbocycles. The van der Waals surface area contributed by atoms with Crippen LogP contribution in [0.3, 0.4) is 0 Å². The van der Waals surface area contributed by atoms with Crippen LogP contribution < -0.4 is 10.4 Å². The molecule has 0 aliphatic carbocycles. The predicted molar refractivity (Wildman–Crippen MR) is 78.0 cm³/mol. The van der Waals surface area contributed by atoms with Crippen LogP contribution in [-0.2, 0) is 14.1 Å². The van der Waals surface area contributed by atoms with Gasteiger partial charge in [-0.1, -0.05) is 44.2 Å². The average Bonchev–Trinajstić information content (AvgIpc) is 2.37. The second-order valence-electron chi connectivity index (χ2n) is 5.09. The molecule has 0 heterocycles. The number of hydrogen-bond acceptors (Lipinski definition) is 3. The van der Waals surface area contributed by atoms with E-state index in [2.05, 4.69) is 5.09 Å². The maximum atomic E-state index is 12.7. The van der Waals surface area contributed by atoms with E-state index < -0.39 is 13.3 Å². The molecule has 0 bridgehead atoms. The van der Waals surface area contributed by atoms with Crippen molar-refractivity contribution < 1.29 is 14.1 Å². The molecule has 0 aromatic heterocycles. The van der Waals surface area contributed by atoms with Crippen molar-refractivity contribution in [3.63, 3.8) is 0 Å². The molecule has 4 nitrogen and oxygen atoms in total. The monoisotopic (exact) mass is 283 g/mol. The zero-order valence-corrected chi connectivity index (χ0v) is 12.8. The first-order valence-electron chi connectivity index (χ1n) is 6.35. The van der Waals surface area contributed by atoms with Crippen molar-refractivity contribution >= 4 is 18.6 Å². The lowest BCUT2D eigenvalue weighted by molar-refractivity contribution is -0.143. The van der Waals surface area contributed by atoms with Crippen molar-refractivity contribution in [2.75, 3.05) is 13.8 Å². The third-order valence-electron chi connectivity index (χ3n) is 2.84. The summed E-state index contributed by atoms with van der Waals surface area (Å²) in [6.45, 7) is 5.67. The van der Waals surface area contributed by atoms with Crippen molar-refractivity contribution in [3.05, 3.63) is 30.3 Å². The van der Waals surface area contributed by atoms with Gasteiger partial charge in [-0.05, 0) is 12.3 Å². The maximum Gasteiger partial charge on any atom is 0.323 e. The van der Waals surface area contributed by atoms with Gasteiger partial charge in [-0.2, -0.15) is 0 Å². The van der Waals surface area contributed by atoms with Crippen molar-refractivity contribution in [1.82, 2.24) is 5.09 Å². The first kappa shape index (κ1) is 15.9. The number of esters is 1. The Morgan fingerprint density at radius 2 is 1.89 bits per heavy atom. The van der Waals surface area contributed by atoms with Gasteiger partial charge in [0.25, 0.3) is 0 Å². The SMILES string of the molecule is COC(=O)[C@@H](CC(C)C)N[P@](C)(=O)c1ccccc1. The van der Waals surface area contributed by atoms with Gasteiger partial charge in [0, 0.05) is 12.0 Å². The molecule has 0 fully saturated rings. The lowest BCUT2D eigenvalue weighted by atomic mass is 10.1. The molecule has 106 valence electrons. The number of methoxy groups -OCH3 is 1. The molecule has 1 N–H and O–H groups in total.